The van der Waals surface area contributed by atoms with Crippen LogP contribution >= 0.6 is 11.3 Å². The summed E-state index contributed by atoms with van der Waals surface area (Å²) in [7, 11) is 0. The Morgan fingerprint density at radius 1 is 1.38 bits per heavy atom. The van der Waals surface area contributed by atoms with Gasteiger partial charge in [-0.1, -0.05) is 19.3 Å². The van der Waals surface area contributed by atoms with Gasteiger partial charge in [0.05, 0.1) is 16.1 Å². The van der Waals surface area contributed by atoms with Crippen LogP contribution in [0.15, 0.2) is 17.6 Å². The summed E-state index contributed by atoms with van der Waals surface area (Å²) in [6.45, 7) is 2.11. The first-order valence-corrected chi connectivity index (χ1v) is 9.01. The SMILES string of the molecule is Cc1nc(-c2c[nH]c(C(=O)NCC3(C(=O)O)CCCCC3)c2)cs1. The average Bonchev–Trinajstić information content (AvgIpc) is 3.22. The lowest BCUT2D eigenvalue weighted by Gasteiger charge is -2.33. The number of carboxylic acids is 1. The normalized spacial score (nSPS) is 16.7. The summed E-state index contributed by atoms with van der Waals surface area (Å²) in [6, 6.07) is 1.75. The van der Waals surface area contributed by atoms with Crippen molar-refractivity contribution in [3.8, 4) is 11.3 Å². The first-order chi connectivity index (χ1) is 11.5. The van der Waals surface area contributed by atoms with E-state index in [0.717, 1.165) is 35.5 Å². The minimum atomic E-state index is -0.824. The molecule has 24 heavy (non-hydrogen) atoms. The van der Waals surface area contributed by atoms with Crippen LogP contribution in [0.1, 0.15) is 47.6 Å². The number of hydrogen-bond donors (Lipinski definition) is 3. The van der Waals surface area contributed by atoms with E-state index in [1.165, 1.54) is 0 Å². The van der Waals surface area contributed by atoms with Crippen LogP contribution in [0.2, 0.25) is 0 Å². The Morgan fingerprint density at radius 2 is 2.12 bits per heavy atom. The van der Waals surface area contributed by atoms with E-state index in [2.05, 4.69) is 15.3 Å². The molecular weight excluding hydrogens is 326 g/mol. The Morgan fingerprint density at radius 3 is 2.75 bits per heavy atom. The van der Waals surface area contributed by atoms with Crippen LogP contribution in [-0.4, -0.2) is 33.5 Å². The zero-order valence-corrected chi connectivity index (χ0v) is 14.4. The highest BCUT2D eigenvalue weighted by atomic mass is 32.1. The summed E-state index contributed by atoms with van der Waals surface area (Å²) in [5.41, 5.74) is 1.29. The van der Waals surface area contributed by atoms with Crippen molar-refractivity contribution < 1.29 is 14.7 Å². The Kier molecular flexibility index (Phi) is 4.71. The minimum Gasteiger partial charge on any atom is -0.481 e. The Bertz CT molecular complexity index is 744. The van der Waals surface area contributed by atoms with Crippen molar-refractivity contribution in [1.82, 2.24) is 15.3 Å². The van der Waals surface area contributed by atoms with Gasteiger partial charge in [0.2, 0.25) is 0 Å². The van der Waals surface area contributed by atoms with E-state index in [1.54, 1.807) is 23.6 Å². The predicted molar refractivity (Wildman–Crippen MR) is 92.1 cm³/mol. The number of H-pyrrole nitrogens is 1. The van der Waals surface area contributed by atoms with Crippen LogP contribution in [0.25, 0.3) is 11.3 Å². The van der Waals surface area contributed by atoms with Gasteiger partial charge in [0.15, 0.2) is 0 Å². The molecule has 1 aliphatic rings. The Hall–Kier alpha value is -2.15. The molecule has 0 aromatic carbocycles. The molecule has 0 spiro atoms. The molecule has 0 atom stereocenters. The lowest BCUT2D eigenvalue weighted by atomic mass is 9.74. The Labute approximate surface area is 144 Å². The smallest absolute Gasteiger partial charge is 0.311 e. The van der Waals surface area contributed by atoms with Crippen LogP contribution in [-0.2, 0) is 4.79 Å². The molecule has 0 aliphatic heterocycles. The largest absolute Gasteiger partial charge is 0.481 e. The molecule has 2 heterocycles. The number of nitrogens with zero attached hydrogens (tertiary/aromatic N) is 1. The molecule has 2 aromatic heterocycles. The highest BCUT2D eigenvalue weighted by molar-refractivity contribution is 7.09. The number of carbonyl (C=O) groups is 2. The fourth-order valence-electron chi connectivity index (χ4n) is 3.21. The van der Waals surface area contributed by atoms with Crippen LogP contribution in [0.4, 0.5) is 0 Å². The third-order valence-corrected chi connectivity index (χ3v) is 5.47. The highest BCUT2D eigenvalue weighted by Gasteiger charge is 2.39. The van der Waals surface area contributed by atoms with Gasteiger partial charge >= 0.3 is 5.97 Å². The second-order valence-electron chi connectivity index (χ2n) is 6.38. The second kappa shape index (κ2) is 6.76. The summed E-state index contributed by atoms with van der Waals surface area (Å²) < 4.78 is 0. The molecule has 6 nitrogen and oxygen atoms in total. The van der Waals surface area contributed by atoms with Gasteiger partial charge in [-0.3, -0.25) is 9.59 Å². The van der Waals surface area contributed by atoms with Gasteiger partial charge in [0, 0.05) is 23.7 Å². The molecule has 3 N–H and O–H groups in total. The summed E-state index contributed by atoms with van der Waals surface area (Å²) in [5, 5.41) is 15.3. The molecule has 0 radical (unpaired) electrons. The molecule has 1 saturated carbocycles. The van der Waals surface area contributed by atoms with Crippen molar-refractivity contribution >= 4 is 23.2 Å². The molecule has 2 aromatic rings. The summed E-state index contributed by atoms with van der Waals surface area (Å²) in [5.74, 6) is -1.09. The van der Waals surface area contributed by atoms with E-state index in [1.807, 2.05) is 12.3 Å². The number of thiazole rings is 1. The molecule has 1 fully saturated rings. The predicted octanol–water partition coefficient (Wildman–Crippen LogP) is 3.21. The first kappa shape index (κ1) is 16.7. The lowest BCUT2D eigenvalue weighted by molar-refractivity contribution is -0.150. The van der Waals surface area contributed by atoms with Gasteiger partial charge in [0.25, 0.3) is 5.91 Å². The number of nitrogens with one attached hydrogen (secondary N) is 2. The first-order valence-electron chi connectivity index (χ1n) is 8.13. The van der Waals surface area contributed by atoms with Gasteiger partial charge in [-0.25, -0.2) is 4.98 Å². The maximum atomic E-state index is 12.3. The van der Waals surface area contributed by atoms with Crippen molar-refractivity contribution in [2.24, 2.45) is 5.41 Å². The van der Waals surface area contributed by atoms with Crippen LogP contribution < -0.4 is 5.32 Å². The van der Waals surface area contributed by atoms with Crippen LogP contribution in [0.5, 0.6) is 0 Å². The van der Waals surface area contributed by atoms with Crippen molar-refractivity contribution in [3.63, 3.8) is 0 Å². The van der Waals surface area contributed by atoms with E-state index in [-0.39, 0.29) is 12.5 Å². The Balaban J connectivity index is 1.67. The summed E-state index contributed by atoms with van der Waals surface area (Å²) in [6.07, 6.45) is 5.86. The van der Waals surface area contributed by atoms with Gasteiger partial charge in [0.1, 0.15) is 5.69 Å². The monoisotopic (exact) mass is 347 g/mol. The standard InChI is InChI=1S/C17H21N3O3S/c1-11-20-14(9-24-11)12-7-13(18-8-12)15(21)19-10-17(16(22)23)5-3-2-4-6-17/h7-9,18H,2-6,10H2,1H3,(H,19,21)(H,22,23). The quantitative estimate of drug-likeness (QED) is 0.774. The van der Waals surface area contributed by atoms with Gasteiger partial charge in [-0.05, 0) is 25.8 Å². The van der Waals surface area contributed by atoms with Crippen molar-refractivity contribution in [1.29, 1.82) is 0 Å². The molecular formula is C17H21N3O3S. The third-order valence-electron chi connectivity index (χ3n) is 4.69. The fraction of sp³-hybridized carbons (Fsp3) is 0.471. The number of aryl methyl sites for hydroxylation is 1. The van der Waals surface area contributed by atoms with Crippen LogP contribution in [0.3, 0.4) is 0 Å². The molecule has 0 unspecified atom stereocenters. The van der Waals surface area contributed by atoms with Crippen molar-refractivity contribution in [3.05, 3.63) is 28.3 Å². The van der Waals surface area contributed by atoms with Gasteiger partial charge in [-0.2, -0.15) is 0 Å². The number of aromatic nitrogens is 2. The van der Waals surface area contributed by atoms with E-state index >= 15 is 0 Å². The number of carboxylic acid groups (broad SMARTS) is 1. The van der Waals surface area contributed by atoms with Crippen molar-refractivity contribution in [2.75, 3.05) is 6.54 Å². The molecule has 0 saturated heterocycles. The van der Waals surface area contributed by atoms with E-state index in [0.29, 0.717) is 18.5 Å². The number of amides is 1. The third kappa shape index (κ3) is 3.36. The second-order valence-corrected chi connectivity index (χ2v) is 7.44. The molecule has 7 heteroatoms. The highest BCUT2D eigenvalue weighted by Crippen LogP contribution is 2.36. The summed E-state index contributed by atoms with van der Waals surface area (Å²) in [4.78, 5) is 31.3. The number of carbonyl (C=O) groups excluding carboxylic acids is 1. The maximum Gasteiger partial charge on any atom is 0.311 e. The zero-order valence-electron chi connectivity index (χ0n) is 13.6. The average molecular weight is 347 g/mol. The zero-order chi connectivity index (χ0) is 17.2. The van der Waals surface area contributed by atoms with E-state index in [4.69, 9.17) is 0 Å². The number of aromatic amines is 1. The van der Waals surface area contributed by atoms with Crippen molar-refractivity contribution in [2.45, 2.75) is 39.0 Å². The molecule has 0 bridgehead atoms. The molecule has 128 valence electrons. The number of hydrogen-bond acceptors (Lipinski definition) is 4. The van der Waals surface area contributed by atoms with E-state index in [9.17, 15) is 14.7 Å². The van der Waals surface area contributed by atoms with Gasteiger partial charge < -0.3 is 15.4 Å². The molecule has 1 aliphatic carbocycles. The number of aliphatic carboxylic acids is 1. The topological polar surface area (TPSA) is 95.1 Å². The van der Waals surface area contributed by atoms with E-state index < -0.39 is 11.4 Å². The fourth-order valence-corrected chi connectivity index (χ4v) is 3.83. The maximum absolute atomic E-state index is 12.3. The number of rotatable bonds is 5. The molecule has 3 rings (SSSR count). The lowest BCUT2D eigenvalue weighted by Crippen LogP contribution is -2.44. The summed E-state index contributed by atoms with van der Waals surface area (Å²) >= 11 is 1.56. The van der Waals surface area contributed by atoms with Crippen LogP contribution in [0, 0.1) is 12.3 Å². The molecule has 1 amide bonds. The van der Waals surface area contributed by atoms with Gasteiger partial charge in [-0.15, -0.1) is 11.3 Å². The minimum absolute atomic E-state index is 0.172.